The predicted octanol–water partition coefficient (Wildman–Crippen LogP) is -2.32. The maximum absolute atomic E-state index is 11.2. The molecule has 0 aliphatic carbocycles. The third-order valence-electron chi connectivity index (χ3n) is 3.69. The second kappa shape index (κ2) is 6.07. The lowest BCUT2D eigenvalue weighted by molar-refractivity contribution is -0.0509. The van der Waals surface area contributed by atoms with Crippen LogP contribution in [0.4, 0.5) is 11.8 Å². The SMILES string of the molecule is Nc1nc(N)c2c(OP(=O)(O)O)cn([C@@H]3O[C@H](CO)[C@@H](O)[C@@H]3O)c2n1. The number of hydrogen-bond acceptors (Lipinski definition) is 10. The van der Waals surface area contributed by atoms with E-state index in [0.29, 0.717) is 0 Å². The molecule has 0 unspecified atom stereocenters. The molecule has 3 rings (SSSR count). The van der Waals surface area contributed by atoms with Crippen molar-refractivity contribution in [2.24, 2.45) is 0 Å². The molecule has 13 nitrogen and oxygen atoms in total. The molecule has 0 amide bonds. The fourth-order valence-corrected chi connectivity index (χ4v) is 3.05. The number of ether oxygens (including phenoxy) is 1. The normalized spacial score (nSPS) is 27.1. The van der Waals surface area contributed by atoms with Crippen molar-refractivity contribution in [2.45, 2.75) is 24.5 Å². The molecular weight excluding hydrogens is 361 g/mol. The number of hydrogen-bond donors (Lipinski definition) is 7. The molecule has 2 aromatic heterocycles. The molecule has 138 valence electrons. The molecule has 0 aromatic carbocycles. The first kappa shape index (κ1) is 17.8. The average molecular weight is 377 g/mol. The molecular formula is C11H16N5O8P. The van der Waals surface area contributed by atoms with Crippen LogP contribution in [0.15, 0.2) is 6.20 Å². The molecule has 1 fully saturated rings. The first-order valence-corrected chi connectivity index (χ1v) is 8.46. The van der Waals surface area contributed by atoms with E-state index in [4.69, 9.17) is 26.0 Å². The van der Waals surface area contributed by atoms with Gasteiger partial charge in [0.2, 0.25) is 5.95 Å². The summed E-state index contributed by atoms with van der Waals surface area (Å²) < 4.78 is 22.3. The summed E-state index contributed by atoms with van der Waals surface area (Å²) in [5.74, 6) is -0.811. The van der Waals surface area contributed by atoms with Gasteiger partial charge in [-0.25, -0.2) is 4.57 Å². The summed E-state index contributed by atoms with van der Waals surface area (Å²) in [7, 11) is -4.94. The zero-order valence-corrected chi connectivity index (χ0v) is 13.4. The number of rotatable bonds is 4. The molecule has 2 aromatic rings. The summed E-state index contributed by atoms with van der Waals surface area (Å²) in [6, 6.07) is 0. The Balaban J connectivity index is 2.17. The Morgan fingerprint density at radius 2 is 1.96 bits per heavy atom. The van der Waals surface area contributed by atoms with Gasteiger partial charge in [0.1, 0.15) is 29.5 Å². The van der Waals surface area contributed by atoms with Crippen LogP contribution in [0.1, 0.15) is 6.23 Å². The number of fused-ring (bicyclic) bond motifs is 1. The van der Waals surface area contributed by atoms with Gasteiger partial charge in [0.15, 0.2) is 17.6 Å². The third kappa shape index (κ3) is 3.14. The average Bonchev–Trinajstić information content (AvgIpc) is 2.96. The van der Waals surface area contributed by atoms with Crippen LogP contribution < -0.4 is 16.0 Å². The zero-order valence-electron chi connectivity index (χ0n) is 12.5. The molecule has 14 heteroatoms. The molecule has 0 saturated carbocycles. The molecule has 1 saturated heterocycles. The lowest BCUT2D eigenvalue weighted by Crippen LogP contribution is -2.33. The van der Waals surface area contributed by atoms with E-state index in [1.54, 1.807) is 0 Å². The van der Waals surface area contributed by atoms with Crippen LogP contribution in [0.2, 0.25) is 0 Å². The molecule has 1 aliphatic heterocycles. The number of phosphoric acid groups is 1. The second-order valence-electron chi connectivity index (χ2n) is 5.38. The number of aliphatic hydroxyl groups excluding tert-OH is 3. The maximum Gasteiger partial charge on any atom is 0.524 e. The summed E-state index contributed by atoms with van der Waals surface area (Å²) >= 11 is 0. The highest BCUT2D eigenvalue weighted by Gasteiger charge is 2.44. The Bertz CT molecular complexity index is 853. The van der Waals surface area contributed by atoms with Gasteiger partial charge in [-0.05, 0) is 0 Å². The van der Waals surface area contributed by atoms with Crippen molar-refractivity contribution in [2.75, 3.05) is 18.1 Å². The first-order chi connectivity index (χ1) is 11.6. The molecule has 9 N–H and O–H groups in total. The molecule has 4 atom stereocenters. The topological polar surface area (TPSA) is 219 Å². The van der Waals surface area contributed by atoms with Gasteiger partial charge in [0.25, 0.3) is 0 Å². The maximum atomic E-state index is 11.2. The summed E-state index contributed by atoms with van der Waals surface area (Å²) in [6.45, 7) is -0.557. The van der Waals surface area contributed by atoms with Crippen molar-refractivity contribution in [3.8, 4) is 5.75 Å². The largest absolute Gasteiger partial charge is 0.524 e. The highest BCUT2D eigenvalue weighted by molar-refractivity contribution is 7.46. The van der Waals surface area contributed by atoms with E-state index < -0.39 is 39.0 Å². The van der Waals surface area contributed by atoms with Crippen LogP contribution in [0.25, 0.3) is 11.0 Å². The Kier molecular flexibility index (Phi) is 4.33. The molecule has 0 bridgehead atoms. The zero-order chi connectivity index (χ0) is 18.5. The summed E-state index contributed by atoms with van der Waals surface area (Å²) in [6.07, 6.45) is -4.09. The van der Waals surface area contributed by atoms with Gasteiger partial charge in [-0.3, -0.25) is 14.4 Å². The van der Waals surface area contributed by atoms with E-state index in [2.05, 4.69) is 14.5 Å². The highest BCUT2D eigenvalue weighted by atomic mass is 31.2. The quantitative estimate of drug-likeness (QED) is 0.279. The van der Waals surface area contributed by atoms with E-state index in [1.807, 2.05) is 0 Å². The van der Waals surface area contributed by atoms with Crippen LogP contribution in [0.3, 0.4) is 0 Å². The minimum absolute atomic E-state index is 0.0386. The number of nitrogens with zero attached hydrogens (tertiary/aromatic N) is 3. The number of nitrogen functional groups attached to an aromatic ring is 2. The van der Waals surface area contributed by atoms with Gasteiger partial charge in [-0.15, -0.1) is 0 Å². The standard InChI is InChI=1S/C11H16N5O8P/c12-8-5-3(24-25(20,21)22)1-16(9(5)15-11(13)14-8)10-7(19)6(18)4(2-17)23-10/h1,4,6-7,10,17-19H,2H2,(H2,20,21,22)(H4,12,13,14,15)/t4-,6-,7+,10-/m1/s1. The Labute approximate surface area is 139 Å². The van der Waals surface area contributed by atoms with Crippen LogP contribution in [0, 0.1) is 0 Å². The molecule has 25 heavy (non-hydrogen) atoms. The predicted molar refractivity (Wildman–Crippen MR) is 82.0 cm³/mol. The number of phosphoric ester groups is 1. The van der Waals surface area contributed by atoms with Gasteiger partial charge < -0.3 is 36.0 Å². The molecule has 1 aliphatic rings. The van der Waals surface area contributed by atoms with Crippen LogP contribution in [0.5, 0.6) is 5.75 Å². The number of anilines is 2. The first-order valence-electron chi connectivity index (χ1n) is 6.93. The fraction of sp³-hybridized carbons (Fsp3) is 0.455. The monoisotopic (exact) mass is 377 g/mol. The van der Waals surface area contributed by atoms with Crippen molar-refractivity contribution in [1.82, 2.24) is 14.5 Å². The number of aromatic nitrogens is 3. The van der Waals surface area contributed by atoms with Crippen LogP contribution in [-0.4, -0.2) is 64.6 Å². The van der Waals surface area contributed by atoms with Crippen LogP contribution >= 0.6 is 7.82 Å². The van der Waals surface area contributed by atoms with E-state index in [9.17, 15) is 19.9 Å². The fourth-order valence-electron chi connectivity index (χ4n) is 2.66. The van der Waals surface area contributed by atoms with Gasteiger partial charge >= 0.3 is 7.82 Å². The van der Waals surface area contributed by atoms with Crippen LogP contribution in [-0.2, 0) is 9.30 Å². The van der Waals surface area contributed by atoms with Crippen molar-refractivity contribution in [3.05, 3.63) is 6.20 Å². The van der Waals surface area contributed by atoms with Gasteiger partial charge in [0.05, 0.1) is 12.8 Å². The lowest BCUT2D eigenvalue weighted by Gasteiger charge is -2.17. The van der Waals surface area contributed by atoms with E-state index in [-0.39, 0.29) is 28.5 Å². The smallest absolute Gasteiger partial charge is 0.402 e. The minimum atomic E-state index is -4.94. The Hall–Kier alpha value is -1.99. The van der Waals surface area contributed by atoms with Crippen molar-refractivity contribution in [3.63, 3.8) is 0 Å². The van der Waals surface area contributed by atoms with Crippen molar-refractivity contribution < 1.29 is 38.9 Å². The second-order valence-corrected chi connectivity index (χ2v) is 6.54. The van der Waals surface area contributed by atoms with E-state index >= 15 is 0 Å². The van der Waals surface area contributed by atoms with Gasteiger partial charge in [0, 0.05) is 0 Å². The third-order valence-corrected chi connectivity index (χ3v) is 4.13. The number of aliphatic hydroxyl groups is 3. The molecule has 0 radical (unpaired) electrons. The van der Waals surface area contributed by atoms with Gasteiger partial charge in [-0.1, -0.05) is 0 Å². The highest BCUT2D eigenvalue weighted by Crippen LogP contribution is 2.44. The Morgan fingerprint density at radius 1 is 1.28 bits per heavy atom. The van der Waals surface area contributed by atoms with Gasteiger partial charge in [-0.2, -0.15) is 9.97 Å². The lowest BCUT2D eigenvalue weighted by atomic mass is 10.1. The molecule has 0 spiro atoms. The summed E-state index contributed by atoms with van der Waals surface area (Å²) in [5.41, 5.74) is 11.2. The minimum Gasteiger partial charge on any atom is -0.402 e. The van der Waals surface area contributed by atoms with Crippen molar-refractivity contribution in [1.29, 1.82) is 0 Å². The Morgan fingerprint density at radius 3 is 2.52 bits per heavy atom. The van der Waals surface area contributed by atoms with E-state index in [0.717, 1.165) is 10.8 Å². The summed E-state index contributed by atoms with van der Waals surface area (Å²) in [5, 5.41) is 29.1. The summed E-state index contributed by atoms with van der Waals surface area (Å²) in [4.78, 5) is 25.7. The van der Waals surface area contributed by atoms with E-state index in [1.165, 1.54) is 0 Å². The van der Waals surface area contributed by atoms with Crippen molar-refractivity contribution >= 4 is 30.6 Å². The number of nitrogens with two attached hydrogens (primary N) is 2. The molecule has 3 heterocycles.